The minimum atomic E-state index is -1.18. The van der Waals surface area contributed by atoms with Gasteiger partial charge in [-0.15, -0.1) is 0 Å². The summed E-state index contributed by atoms with van der Waals surface area (Å²) in [6, 6.07) is 9.20. The fourth-order valence-electron chi connectivity index (χ4n) is 6.89. The standard InChI is InChI=1S/C34H35F3N8O2/c1-43(2)19-34(12-3-4-13-34)16-21(17-38)33(46)44-14-6-7-22(18-44)45-32-28(31(39)40-20-41-32)30(42-45)24-11-10-23(15-26(24)36)47-27-9-5-8-25(35)29(27)37/h5,8-11,15-16,20,22H,3-4,6-7,12-14,18-19H2,1-2H3,(H2,39,40,41)/t22-/m1/s1. The molecule has 2 aromatic heterocycles. The maximum Gasteiger partial charge on any atom is 0.264 e. The maximum atomic E-state index is 15.6. The molecule has 1 amide bonds. The predicted molar refractivity (Wildman–Crippen MR) is 170 cm³/mol. The summed E-state index contributed by atoms with van der Waals surface area (Å²) in [5, 5.41) is 15.2. The minimum absolute atomic E-state index is 0.0449. The van der Waals surface area contributed by atoms with E-state index in [9.17, 15) is 18.8 Å². The summed E-state index contributed by atoms with van der Waals surface area (Å²) in [6.07, 6.45) is 8.49. The maximum absolute atomic E-state index is 15.6. The van der Waals surface area contributed by atoms with Gasteiger partial charge in [-0.05, 0) is 64.0 Å². The van der Waals surface area contributed by atoms with Crippen LogP contribution in [0.2, 0.25) is 0 Å². The molecule has 2 N–H and O–H groups in total. The Kier molecular flexibility index (Phi) is 8.88. The highest BCUT2D eigenvalue weighted by atomic mass is 19.2. The Hall–Kier alpha value is -4.96. The number of carbonyl (C=O) groups excluding carboxylic acids is 1. The summed E-state index contributed by atoms with van der Waals surface area (Å²) < 4.78 is 50.5. The van der Waals surface area contributed by atoms with Gasteiger partial charge in [-0.3, -0.25) is 4.79 Å². The molecule has 2 aliphatic rings. The van der Waals surface area contributed by atoms with Crippen LogP contribution in [0.1, 0.15) is 44.6 Å². The van der Waals surface area contributed by atoms with Gasteiger partial charge in [0.15, 0.2) is 17.2 Å². The van der Waals surface area contributed by atoms with Gasteiger partial charge < -0.3 is 20.3 Å². The van der Waals surface area contributed by atoms with E-state index in [-0.39, 0.29) is 58.1 Å². The summed E-state index contributed by atoms with van der Waals surface area (Å²) >= 11 is 0. The summed E-state index contributed by atoms with van der Waals surface area (Å²) in [7, 11) is 4.00. The lowest BCUT2D eigenvalue weighted by Crippen LogP contribution is -2.42. The van der Waals surface area contributed by atoms with E-state index in [1.54, 1.807) is 9.58 Å². The van der Waals surface area contributed by atoms with E-state index in [4.69, 9.17) is 15.6 Å². The van der Waals surface area contributed by atoms with Crippen molar-refractivity contribution >= 4 is 22.8 Å². The summed E-state index contributed by atoms with van der Waals surface area (Å²) in [5.74, 6) is -3.66. The third kappa shape index (κ3) is 6.38. The number of carbonyl (C=O) groups is 1. The Morgan fingerprint density at radius 3 is 2.66 bits per heavy atom. The van der Waals surface area contributed by atoms with E-state index < -0.39 is 17.5 Å². The lowest BCUT2D eigenvalue weighted by molar-refractivity contribution is -0.128. The van der Waals surface area contributed by atoms with Crippen molar-refractivity contribution in [3.63, 3.8) is 0 Å². The number of amides is 1. The highest BCUT2D eigenvalue weighted by Gasteiger charge is 2.36. The van der Waals surface area contributed by atoms with Gasteiger partial charge in [0.25, 0.3) is 5.91 Å². The Bertz CT molecular complexity index is 1890. The zero-order chi connectivity index (χ0) is 33.3. The van der Waals surface area contributed by atoms with Gasteiger partial charge in [-0.25, -0.2) is 23.4 Å². The van der Waals surface area contributed by atoms with Crippen LogP contribution in [-0.4, -0.2) is 69.2 Å². The zero-order valence-corrected chi connectivity index (χ0v) is 26.2. The Labute approximate surface area is 270 Å². The first-order chi connectivity index (χ1) is 22.6. The molecule has 0 unspecified atom stereocenters. The molecule has 1 atom stereocenters. The molecule has 1 saturated heterocycles. The van der Waals surface area contributed by atoms with Crippen molar-refractivity contribution in [2.24, 2.45) is 5.41 Å². The van der Waals surface area contributed by atoms with Crippen LogP contribution in [0.15, 0.2) is 54.4 Å². The van der Waals surface area contributed by atoms with Crippen LogP contribution in [-0.2, 0) is 4.79 Å². The van der Waals surface area contributed by atoms with Crippen LogP contribution in [0, 0.1) is 34.2 Å². The molecule has 13 heteroatoms. The number of nitrogens with zero attached hydrogens (tertiary/aromatic N) is 7. The molecule has 10 nitrogen and oxygen atoms in total. The quantitative estimate of drug-likeness (QED) is 0.182. The second-order valence-corrected chi connectivity index (χ2v) is 12.6. The lowest BCUT2D eigenvalue weighted by atomic mass is 9.83. The number of halogens is 3. The van der Waals surface area contributed by atoms with E-state index in [2.05, 4.69) is 20.9 Å². The van der Waals surface area contributed by atoms with Crippen molar-refractivity contribution in [3.8, 4) is 28.8 Å². The van der Waals surface area contributed by atoms with E-state index in [0.717, 1.165) is 44.4 Å². The summed E-state index contributed by atoms with van der Waals surface area (Å²) in [4.78, 5) is 26.1. The number of nitrogen functional groups attached to an aromatic ring is 1. The van der Waals surface area contributed by atoms with Crippen molar-refractivity contribution < 1.29 is 22.7 Å². The first-order valence-electron chi connectivity index (χ1n) is 15.6. The molecule has 2 fully saturated rings. The zero-order valence-electron chi connectivity index (χ0n) is 26.2. The van der Waals surface area contributed by atoms with Gasteiger partial charge in [0.1, 0.15) is 41.0 Å². The van der Waals surface area contributed by atoms with E-state index in [1.807, 2.05) is 20.2 Å². The topological polar surface area (TPSA) is 126 Å². The molecule has 0 radical (unpaired) electrons. The first kappa shape index (κ1) is 32.0. The van der Waals surface area contributed by atoms with E-state index in [1.165, 1.54) is 30.6 Å². The SMILES string of the molecule is CN(C)CC1(C=C(C#N)C(=O)N2CCC[C@@H](n3nc(-c4ccc(Oc5cccc(F)c5F)cc4F)c4c(N)ncnc43)C2)CCCC1. The normalized spacial score (nSPS) is 18.1. The Morgan fingerprint density at radius 2 is 1.94 bits per heavy atom. The molecular formula is C34H35F3N8O2. The fraction of sp³-hybridized carbons (Fsp3) is 0.382. The van der Waals surface area contributed by atoms with Crippen LogP contribution in [0.5, 0.6) is 11.5 Å². The summed E-state index contributed by atoms with van der Waals surface area (Å²) in [6.45, 7) is 1.52. The van der Waals surface area contributed by atoms with Gasteiger partial charge in [0.05, 0.1) is 11.4 Å². The molecule has 244 valence electrons. The molecule has 2 aromatic carbocycles. The molecule has 47 heavy (non-hydrogen) atoms. The second kappa shape index (κ2) is 13.0. The number of hydrogen-bond donors (Lipinski definition) is 1. The van der Waals surface area contributed by atoms with E-state index in [0.29, 0.717) is 30.4 Å². The summed E-state index contributed by atoms with van der Waals surface area (Å²) in [5.41, 5.74) is 6.84. The van der Waals surface area contributed by atoms with E-state index >= 15 is 4.39 Å². The molecule has 1 saturated carbocycles. The molecule has 4 aromatic rings. The largest absolute Gasteiger partial charge is 0.454 e. The molecular weight excluding hydrogens is 609 g/mol. The average Bonchev–Trinajstić information content (AvgIpc) is 3.67. The van der Waals surface area contributed by atoms with Crippen molar-refractivity contribution in [2.75, 3.05) is 39.5 Å². The third-order valence-corrected chi connectivity index (χ3v) is 8.92. The number of piperidine rings is 1. The predicted octanol–water partition coefficient (Wildman–Crippen LogP) is 6.02. The average molecular weight is 645 g/mol. The molecule has 1 aliphatic carbocycles. The number of hydrogen-bond acceptors (Lipinski definition) is 8. The third-order valence-electron chi connectivity index (χ3n) is 8.92. The van der Waals surface area contributed by atoms with Gasteiger partial charge in [-0.1, -0.05) is 25.0 Å². The molecule has 0 spiro atoms. The molecule has 6 rings (SSSR count). The number of fused-ring (bicyclic) bond motifs is 1. The molecule has 0 bridgehead atoms. The van der Waals surface area contributed by atoms with Gasteiger partial charge in [0.2, 0.25) is 5.82 Å². The van der Waals surface area contributed by atoms with Gasteiger partial charge in [-0.2, -0.15) is 14.8 Å². The lowest BCUT2D eigenvalue weighted by Gasteiger charge is -2.34. The number of anilines is 1. The number of benzene rings is 2. The van der Waals surface area contributed by atoms with Crippen molar-refractivity contribution in [1.82, 2.24) is 29.5 Å². The highest BCUT2D eigenvalue weighted by molar-refractivity contribution is 5.99. The minimum Gasteiger partial charge on any atom is -0.454 e. The number of nitriles is 1. The van der Waals surface area contributed by atoms with Crippen molar-refractivity contribution in [3.05, 3.63) is 71.8 Å². The van der Waals surface area contributed by atoms with Gasteiger partial charge in [0, 0.05) is 36.7 Å². The number of aromatic nitrogens is 4. The van der Waals surface area contributed by atoms with Crippen molar-refractivity contribution in [2.45, 2.75) is 44.6 Å². The number of rotatable bonds is 8. The molecule has 3 heterocycles. The monoisotopic (exact) mass is 644 g/mol. The smallest absolute Gasteiger partial charge is 0.264 e. The van der Waals surface area contributed by atoms with Crippen LogP contribution in [0.25, 0.3) is 22.3 Å². The van der Waals surface area contributed by atoms with Crippen LogP contribution < -0.4 is 10.5 Å². The van der Waals surface area contributed by atoms with Crippen LogP contribution in [0.4, 0.5) is 19.0 Å². The molecule has 1 aliphatic heterocycles. The fourth-order valence-corrected chi connectivity index (χ4v) is 6.89. The number of likely N-dealkylation sites (tertiary alicyclic amines) is 1. The Balaban J connectivity index is 1.30. The van der Waals surface area contributed by atoms with Crippen molar-refractivity contribution in [1.29, 1.82) is 5.26 Å². The first-order valence-corrected chi connectivity index (χ1v) is 15.6. The van der Waals surface area contributed by atoms with Crippen LogP contribution >= 0.6 is 0 Å². The van der Waals surface area contributed by atoms with Gasteiger partial charge >= 0.3 is 0 Å². The second-order valence-electron chi connectivity index (χ2n) is 12.6. The highest BCUT2D eigenvalue weighted by Crippen LogP contribution is 2.41. The Morgan fingerprint density at radius 1 is 1.15 bits per heavy atom. The number of nitrogens with two attached hydrogens (primary N) is 1. The number of ether oxygens (including phenoxy) is 1. The van der Waals surface area contributed by atoms with Crippen LogP contribution in [0.3, 0.4) is 0 Å².